The molecule has 112 valence electrons. The van der Waals surface area contributed by atoms with Gasteiger partial charge >= 0.3 is 12.0 Å². The molecule has 5 nitrogen and oxygen atoms in total. The van der Waals surface area contributed by atoms with Crippen LogP contribution in [0.25, 0.3) is 0 Å². The highest BCUT2D eigenvalue weighted by Crippen LogP contribution is 2.26. The van der Waals surface area contributed by atoms with Crippen molar-refractivity contribution < 1.29 is 14.7 Å². The molecule has 1 saturated carbocycles. The lowest BCUT2D eigenvalue weighted by Gasteiger charge is -2.22. The van der Waals surface area contributed by atoms with E-state index in [1.54, 1.807) is 35.2 Å². The van der Waals surface area contributed by atoms with Gasteiger partial charge in [-0.2, -0.15) is 0 Å². The maximum Gasteiger partial charge on any atom is 0.317 e. The van der Waals surface area contributed by atoms with Crippen molar-refractivity contribution in [2.45, 2.75) is 24.8 Å². The topological polar surface area (TPSA) is 69.6 Å². The molecule has 1 aliphatic carbocycles. The first-order chi connectivity index (χ1) is 10.1. The van der Waals surface area contributed by atoms with E-state index in [0.717, 1.165) is 12.8 Å². The van der Waals surface area contributed by atoms with Crippen molar-refractivity contribution in [1.82, 2.24) is 10.2 Å². The van der Waals surface area contributed by atoms with Crippen LogP contribution in [0.2, 0.25) is 0 Å². The number of carboxylic acids is 1. The first-order valence-electron chi connectivity index (χ1n) is 7.06. The number of benzene rings is 1. The summed E-state index contributed by atoms with van der Waals surface area (Å²) in [6.45, 7) is 4.22. The molecule has 1 aromatic carbocycles. The minimum Gasteiger partial charge on any atom is -0.481 e. The minimum absolute atomic E-state index is 0.0819. The van der Waals surface area contributed by atoms with Gasteiger partial charge in [-0.3, -0.25) is 4.79 Å². The second kappa shape index (κ2) is 6.92. The van der Waals surface area contributed by atoms with Gasteiger partial charge in [0.15, 0.2) is 0 Å². The number of nitrogens with zero attached hydrogens (tertiary/aromatic N) is 1. The van der Waals surface area contributed by atoms with Crippen molar-refractivity contribution in [3.8, 4) is 0 Å². The highest BCUT2D eigenvalue weighted by molar-refractivity contribution is 5.79. The lowest BCUT2D eigenvalue weighted by molar-refractivity contribution is -0.138. The standard InChI is InChI=1S/C16H20N2O3/c1-2-10-18(13-8-9-13)16(21)17-11-14(15(19)20)12-6-4-3-5-7-12/h2-7,13-14H,1,8-11H2,(H,17,21)(H,19,20). The molecule has 1 unspecified atom stereocenters. The molecule has 1 aromatic rings. The molecule has 0 heterocycles. The third kappa shape index (κ3) is 4.08. The van der Waals surface area contributed by atoms with Crippen LogP contribution in [0.4, 0.5) is 4.79 Å². The normalized spacial score (nSPS) is 15.0. The quantitative estimate of drug-likeness (QED) is 0.756. The molecule has 1 atom stereocenters. The molecule has 2 amide bonds. The number of rotatable bonds is 7. The molecule has 2 rings (SSSR count). The van der Waals surface area contributed by atoms with E-state index in [-0.39, 0.29) is 18.6 Å². The Morgan fingerprint density at radius 3 is 2.57 bits per heavy atom. The van der Waals surface area contributed by atoms with E-state index in [2.05, 4.69) is 11.9 Å². The average Bonchev–Trinajstić information content (AvgIpc) is 3.30. The number of hydrogen-bond acceptors (Lipinski definition) is 2. The molecule has 21 heavy (non-hydrogen) atoms. The highest BCUT2D eigenvalue weighted by Gasteiger charge is 2.32. The second-order valence-electron chi connectivity index (χ2n) is 5.16. The van der Waals surface area contributed by atoms with E-state index in [9.17, 15) is 14.7 Å². The molecule has 1 fully saturated rings. The highest BCUT2D eigenvalue weighted by atomic mass is 16.4. The summed E-state index contributed by atoms with van der Waals surface area (Å²) >= 11 is 0. The first-order valence-corrected chi connectivity index (χ1v) is 7.06. The Hall–Kier alpha value is -2.30. The van der Waals surface area contributed by atoms with Crippen molar-refractivity contribution in [2.75, 3.05) is 13.1 Å². The van der Waals surface area contributed by atoms with E-state index < -0.39 is 11.9 Å². The van der Waals surface area contributed by atoms with Gasteiger partial charge in [0.05, 0.1) is 5.92 Å². The van der Waals surface area contributed by atoms with E-state index >= 15 is 0 Å². The Labute approximate surface area is 124 Å². The molecular weight excluding hydrogens is 268 g/mol. The number of carbonyl (C=O) groups is 2. The fraction of sp³-hybridized carbons (Fsp3) is 0.375. The van der Waals surface area contributed by atoms with Crippen molar-refractivity contribution in [3.63, 3.8) is 0 Å². The number of carboxylic acid groups (broad SMARTS) is 1. The van der Waals surface area contributed by atoms with Crippen molar-refractivity contribution in [1.29, 1.82) is 0 Å². The Balaban J connectivity index is 1.97. The Bertz CT molecular complexity index is 512. The van der Waals surface area contributed by atoms with Gasteiger partial charge in [0.1, 0.15) is 0 Å². The van der Waals surface area contributed by atoms with Crippen molar-refractivity contribution in [3.05, 3.63) is 48.6 Å². The summed E-state index contributed by atoms with van der Waals surface area (Å²) in [5.74, 6) is -1.68. The van der Waals surface area contributed by atoms with E-state index in [0.29, 0.717) is 12.1 Å². The molecule has 0 saturated heterocycles. The largest absolute Gasteiger partial charge is 0.481 e. The van der Waals surface area contributed by atoms with Gasteiger partial charge in [0.25, 0.3) is 0 Å². The van der Waals surface area contributed by atoms with Crippen LogP contribution in [-0.4, -0.2) is 41.1 Å². The molecule has 2 N–H and O–H groups in total. The van der Waals surface area contributed by atoms with Gasteiger partial charge in [0, 0.05) is 19.1 Å². The molecule has 0 aliphatic heterocycles. The predicted octanol–water partition coefficient (Wildman–Crippen LogP) is 2.21. The van der Waals surface area contributed by atoms with Gasteiger partial charge in [-0.1, -0.05) is 36.4 Å². The Morgan fingerprint density at radius 1 is 1.38 bits per heavy atom. The maximum absolute atomic E-state index is 12.1. The lowest BCUT2D eigenvalue weighted by atomic mass is 9.99. The van der Waals surface area contributed by atoms with Gasteiger partial charge in [-0.05, 0) is 18.4 Å². The number of urea groups is 1. The summed E-state index contributed by atoms with van der Waals surface area (Å²) in [5.41, 5.74) is 0.687. The Morgan fingerprint density at radius 2 is 2.05 bits per heavy atom. The molecule has 5 heteroatoms. The molecular formula is C16H20N2O3. The van der Waals surface area contributed by atoms with Crippen LogP contribution in [-0.2, 0) is 4.79 Å². The number of aliphatic carboxylic acids is 1. The molecule has 0 aromatic heterocycles. The van der Waals surface area contributed by atoms with Gasteiger partial charge in [0.2, 0.25) is 0 Å². The van der Waals surface area contributed by atoms with Crippen LogP contribution in [0.5, 0.6) is 0 Å². The predicted molar refractivity (Wildman–Crippen MR) is 80.1 cm³/mol. The monoisotopic (exact) mass is 288 g/mol. The number of carbonyl (C=O) groups excluding carboxylic acids is 1. The van der Waals surface area contributed by atoms with Crippen LogP contribution in [0.15, 0.2) is 43.0 Å². The van der Waals surface area contributed by atoms with Crippen LogP contribution in [0.1, 0.15) is 24.3 Å². The van der Waals surface area contributed by atoms with Crippen molar-refractivity contribution in [2.24, 2.45) is 0 Å². The Kier molecular flexibility index (Phi) is 4.98. The number of amides is 2. The maximum atomic E-state index is 12.1. The summed E-state index contributed by atoms with van der Waals surface area (Å²) in [4.78, 5) is 25.2. The van der Waals surface area contributed by atoms with Gasteiger partial charge < -0.3 is 15.3 Å². The summed E-state index contributed by atoms with van der Waals surface area (Å²) < 4.78 is 0. The smallest absolute Gasteiger partial charge is 0.317 e. The zero-order valence-corrected chi connectivity index (χ0v) is 11.9. The summed E-state index contributed by atoms with van der Waals surface area (Å²) in [5, 5.41) is 12.0. The van der Waals surface area contributed by atoms with Crippen LogP contribution < -0.4 is 5.32 Å². The third-order valence-electron chi connectivity index (χ3n) is 3.53. The SMILES string of the molecule is C=CCN(C(=O)NCC(C(=O)O)c1ccccc1)C1CC1. The fourth-order valence-electron chi connectivity index (χ4n) is 2.25. The van der Waals surface area contributed by atoms with E-state index in [4.69, 9.17) is 0 Å². The fourth-order valence-corrected chi connectivity index (χ4v) is 2.25. The minimum atomic E-state index is -0.941. The zero-order valence-electron chi connectivity index (χ0n) is 11.9. The molecule has 0 radical (unpaired) electrons. The second-order valence-corrected chi connectivity index (χ2v) is 5.16. The van der Waals surface area contributed by atoms with Crippen LogP contribution >= 0.6 is 0 Å². The zero-order chi connectivity index (χ0) is 15.2. The average molecular weight is 288 g/mol. The molecule has 0 spiro atoms. The van der Waals surface area contributed by atoms with Crippen molar-refractivity contribution >= 4 is 12.0 Å². The summed E-state index contributed by atoms with van der Waals surface area (Å²) in [6.07, 6.45) is 3.69. The molecule has 1 aliphatic rings. The lowest BCUT2D eigenvalue weighted by Crippen LogP contribution is -2.43. The van der Waals surface area contributed by atoms with E-state index in [1.807, 2.05) is 6.07 Å². The number of nitrogens with one attached hydrogen (secondary N) is 1. The molecule has 0 bridgehead atoms. The van der Waals surface area contributed by atoms with Gasteiger partial charge in [-0.15, -0.1) is 6.58 Å². The van der Waals surface area contributed by atoms with Gasteiger partial charge in [-0.25, -0.2) is 4.79 Å². The third-order valence-corrected chi connectivity index (χ3v) is 3.53. The number of hydrogen-bond donors (Lipinski definition) is 2. The van der Waals surface area contributed by atoms with E-state index in [1.165, 1.54) is 0 Å². The van der Waals surface area contributed by atoms with Crippen LogP contribution in [0, 0.1) is 0 Å². The van der Waals surface area contributed by atoms with Crippen LogP contribution in [0.3, 0.4) is 0 Å². The summed E-state index contributed by atoms with van der Waals surface area (Å²) in [7, 11) is 0. The summed E-state index contributed by atoms with van der Waals surface area (Å²) in [6, 6.07) is 8.98. The first kappa shape index (κ1) is 15.1.